The predicted octanol–water partition coefficient (Wildman–Crippen LogP) is 1.19. The number of nitrogens with two attached hydrogens (primary N) is 1. The number of amides is 1. The van der Waals surface area contributed by atoms with Crippen molar-refractivity contribution < 1.29 is 9.90 Å². The maximum atomic E-state index is 11.1. The Hall–Kier alpha value is -0.570. The molecule has 0 aromatic heterocycles. The lowest BCUT2D eigenvalue weighted by molar-refractivity contribution is -0.144. The Morgan fingerprint density at radius 2 is 2.00 bits per heavy atom. The fourth-order valence-electron chi connectivity index (χ4n) is 2.24. The summed E-state index contributed by atoms with van der Waals surface area (Å²) in [7, 11) is 0. The molecule has 1 amide bonds. The Balaban J connectivity index is 2.68. The van der Waals surface area contributed by atoms with Crippen molar-refractivity contribution in [2.45, 2.75) is 51.0 Å². The van der Waals surface area contributed by atoms with Gasteiger partial charge < -0.3 is 10.8 Å². The van der Waals surface area contributed by atoms with Gasteiger partial charge in [0.25, 0.3) is 0 Å². The van der Waals surface area contributed by atoms with E-state index in [0.29, 0.717) is 6.42 Å². The quantitative estimate of drug-likeness (QED) is 0.693. The van der Waals surface area contributed by atoms with Crippen LogP contribution in [0.4, 0.5) is 0 Å². The highest BCUT2D eigenvalue weighted by Gasteiger charge is 2.40. The number of rotatable bonds is 3. The standard InChI is InChI=1S/C10H19NO2/c1-2-10(13,9(11)12)8-6-4-3-5-7-8/h8,13H,2-7H2,1H3,(H2,11,12). The van der Waals surface area contributed by atoms with E-state index in [4.69, 9.17) is 5.73 Å². The van der Waals surface area contributed by atoms with Gasteiger partial charge in [-0.25, -0.2) is 0 Å². The average Bonchev–Trinajstić information content (AvgIpc) is 2.17. The molecule has 0 saturated heterocycles. The molecule has 3 heteroatoms. The molecule has 1 fully saturated rings. The maximum Gasteiger partial charge on any atom is 0.249 e. The van der Waals surface area contributed by atoms with Crippen molar-refractivity contribution in [2.24, 2.45) is 11.7 Å². The minimum absolute atomic E-state index is 0.0868. The van der Waals surface area contributed by atoms with Gasteiger partial charge in [0.2, 0.25) is 5.91 Å². The van der Waals surface area contributed by atoms with E-state index in [9.17, 15) is 9.90 Å². The van der Waals surface area contributed by atoms with Crippen LogP contribution < -0.4 is 5.73 Å². The first-order chi connectivity index (χ1) is 6.11. The molecular weight excluding hydrogens is 166 g/mol. The fourth-order valence-corrected chi connectivity index (χ4v) is 2.24. The first-order valence-electron chi connectivity index (χ1n) is 5.13. The van der Waals surface area contributed by atoms with E-state index in [2.05, 4.69) is 0 Å². The molecule has 1 rings (SSSR count). The van der Waals surface area contributed by atoms with Gasteiger partial charge in [0.05, 0.1) is 0 Å². The van der Waals surface area contributed by atoms with Crippen LogP contribution in [0.3, 0.4) is 0 Å². The number of carbonyl (C=O) groups is 1. The molecule has 0 aromatic rings. The smallest absolute Gasteiger partial charge is 0.249 e. The minimum atomic E-state index is -1.25. The number of primary amides is 1. The van der Waals surface area contributed by atoms with Crippen molar-refractivity contribution in [1.82, 2.24) is 0 Å². The van der Waals surface area contributed by atoms with Gasteiger partial charge in [0, 0.05) is 0 Å². The molecule has 0 heterocycles. The van der Waals surface area contributed by atoms with Gasteiger partial charge in [0.1, 0.15) is 5.60 Å². The lowest BCUT2D eigenvalue weighted by Gasteiger charge is -2.35. The second-order valence-corrected chi connectivity index (χ2v) is 3.98. The lowest BCUT2D eigenvalue weighted by Crippen LogP contribution is -2.50. The maximum absolute atomic E-state index is 11.1. The van der Waals surface area contributed by atoms with Gasteiger partial charge in [-0.2, -0.15) is 0 Å². The third-order valence-electron chi connectivity index (χ3n) is 3.25. The molecule has 13 heavy (non-hydrogen) atoms. The monoisotopic (exact) mass is 185 g/mol. The molecule has 0 aliphatic heterocycles. The normalized spacial score (nSPS) is 23.8. The summed E-state index contributed by atoms with van der Waals surface area (Å²) in [6, 6.07) is 0. The fraction of sp³-hybridized carbons (Fsp3) is 0.900. The molecule has 76 valence electrons. The molecule has 1 aliphatic rings. The summed E-state index contributed by atoms with van der Waals surface area (Å²) in [5.74, 6) is -0.467. The summed E-state index contributed by atoms with van der Waals surface area (Å²) in [6.07, 6.45) is 5.75. The highest BCUT2D eigenvalue weighted by atomic mass is 16.3. The Kier molecular flexibility index (Phi) is 3.31. The zero-order valence-corrected chi connectivity index (χ0v) is 8.25. The van der Waals surface area contributed by atoms with Crippen LogP contribution in [-0.4, -0.2) is 16.6 Å². The molecule has 0 bridgehead atoms. The molecule has 0 aromatic carbocycles. The summed E-state index contributed by atoms with van der Waals surface area (Å²) < 4.78 is 0. The van der Waals surface area contributed by atoms with Gasteiger partial charge >= 0.3 is 0 Å². The number of carbonyl (C=O) groups excluding carboxylic acids is 1. The summed E-state index contributed by atoms with van der Waals surface area (Å²) in [5, 5.41) is 10.0. The zero-order valence-electron chi connectivity index (χ0n) is 8.25. The molecule has 3 nitrogen and oxygen atoms in total. The molecule has 0 spiro atoms. The van der Waals surface area contributed by atoms with Crippen LogP contribution in [0.15, 0.2) is 0 Å². The molecule has 3 N–H and O–H groups in total. The highest BCUT2D eigenvalue weighted by Crippen LogP contribution is 2.34. The van der Waals surface area contributed by atoms with Crippen molar-refractivity contribution in [3.63, 3.8) is 0 Å². The van der Waals surface area contributed by atoms with Gasteiger partial charge in [-0.3, -0.25) is 4.79 Å². The van der Waals surface area contributed by atoms with Gasteiger partial charge in [0.15, 0.2) is 0 Å². The number of aliphatic hydroxyl groups is 1. The van der Waals surface area contributed by atoms with E-state index in [1.165, 1.54) is 6.42 Å². The summed E-state index contributed by atoms with van der Waals surface area (Å²) in [4.78, 5) is 11.1. The molecule has 1 unspecified atom stereocenters. The second-order valence-electron chi connectivity index (χ2n) is 3.98. The third-order valence-corrected chi connectivity index (χ3v) is 3.25. The van der Waals surface area contributed by atoms with E-state index >= 15 is 0 Å². The van der Waals surface area contributed by atoms with Crippen LogP contribution in [0.25, 0.3) is 0 Å². The molecule has 0 radical (unpaired) electrons. The van der Waals surface area contributed by atoms with E-state index in [-0.39, 0.29) is 5.92 Å². The minimum Gasteiger partial charge on any atom is -0.380 e. The number of hydrogen-bond donors (Lipinski definition) is 2. The lowest BCUT2D eigenvalue weighted by atomic mass is 9.75. The van der Waals surface area contributed by atoms with Crippen LogP contribution in [0.5, 0.6) is 0 Å². The molecule has 1 saturated carbocycles. The van der Waals surface area contributed by atoms with Crippen LogP contribution in [0.2, 0.25) is 0 Å². The van der Waals surface area contributed by atoms with Crippen molar-refractivity contribution >= 4 is 5.91 Å². The Bertz CT molecular complexity index is 187. The Labute approximate surface area is 79.3 Å². The van der Waals surface area contributed by atoms with Gasteiger partial charge in [-0.1, -0.05) is 26.2 Å². The van der Waals surface area contributed by atoms with Gasteiger partial charge in [-0.05, 0) is 25.2 Å². The summed E-state index contributed by atoms with van der Waals surface area (Å²) in [6.45, 7) is 1.82. The Morgan fingerprint density at radius 1 is 1.46 bits per heavy atom. The van der Waals surface area contributed by atoms with Crippen LogP contribution in [0, 0.1) is 5.92 Å². The van der Waals surface area contributed by atoms with Crippen molar-refractivity contribution in [3.05, 3.63) is 0 Å². The van der Waals surface area contributed by atoms with Crippen LogP contribution in [0.1, 0.15) is 45.4 Å². The van der Waals surface area contributed by atoms with E-state index in [1.54, 1.807) is 0 Å². The molecule has 1 atom stereocenters. The van der Waals surface area contributed by atoms with Crippen LogP contribution >= 0.6 is 0 Å². The van der Waals surface area contributed by atoms with E-state index < -0.39 is 11.5 Å². The van der Waals surface area contributed by atoms with Gasteiger partial charge in [-0.15, -0.1) is 0 Å². The Morgan fingerprint density at radius 3 is 2.38 bits per heavy atom. The first-order valence-corrected chi connectivity index (χ1v) is 5.13. The van der Waals surface area contributed by atoms with Crippen molar-refractivity contribution in [3.8, 4) is 0 Å². The third kappa shape index (κ3) is 2.02. The summed E-state index contributed by atoms with van der Waals surface area (Å²) in [5.41, 5.74) is 3.97. The largest absolute Gasteiger partial charge is 0.380 e. The highest BCUT2D eigenvalue weighted by molar-refractivity contribution is 5.83. The number of hydrogen-bond acceptors (Lipinski definition) is 2. The SMILES string of the molecule is CCC(O)(C(N)=O)C1CCCCC1. The van der Waals surface area contributed by atoms with Crippen LogP contribution in [-0.2, 0) is 4.79 Å². The van der Waals surface area contributed by atoms with E-state index in [0.717, 1.165) is 25.7 Å². The second kappa shape index (κ2) is 4.09. The average molecular weight is 185 g/mol. The molecule has 1 aliphatic carbocycles. The van der Waals surface area contributed by atoms with Crippen molar-refractivity contribution in [2.75, 3.05) is 0 Å². The van der Waals surface area contributed by atoms with Crippen molar-refractivity contribution in [1.29, 1.82) is 0 Å². The predicted molar refractivity (Wildman–Crippen MR) is 51.0 cm³/mol. The van der Waals surface area contributed by atoms with E-state index in [1.807, 2.05) is 6.92 Å². The summed E-state index contributed by atoms with van der Waals surface area (Å²) >= 11 is 0. The first kappa shape index (κ1) is 10.5. The zero-order chi connectivity index (χ0) is 9.90. The topological polar surface area (TPSA) is 63.3 Å². The molecular formula is C10H19NO2.